The van der Waals surface area contributed by atoms with E-state index in [1.54, 1.807) is 11.1 Å². The third kappa shape index (κ3) is 3.08. The molecule has 0 spiro atoms. The van der Waals surface area contributed by atoms with E-state index in [9.17, 15) is 0 Å². The summed E-state index contributed by atoms with van der Waals surface area (Å²) in [6.45, 7) is 11.9. The fourth-order valence-corrected chi connectivity index (χ4v) is 5.42. The lowest BCUT2D eigenvalue weighted by Gasteiger charge is -2.42. The van der Waals surface area contributed by atoms with Gasteiger partial charge in [0.25, 0.3) is 0 Å². The molecule has 0 fully saturated rings. The van der Waals surface area contributed by atoms with Crippen molar-refractivity contribution in [1.82, 2.24) is 0 Å². The second kappa shape index (κ2) is 6.97. The van der Waals surface area contributed by atoms with Gasteiger partial charge in [-0.3, -0.25) is 0 Å². The van der Waals surface area contributed by atoms with Crippen LogP contribution in [-0.2, 0) is 6.42 Å². The Hall–Kier alpha value is -1.82. The zero-order valence-electron chi connectivity index (χ0n) is 17.6. The molecule has 0 bridgehead atoms. The topological polar surface area (TPSA) is 0 Å². The number of benzene rings is 2. The van der Waals surface area contributed by atoms with Crippen LogP contribution in [-0.4, -0.2) is 0 Å². The van der Waals surface area contributed by atoms with Crippen molar-refractivity contribution in [3.8, 4) is 0 Å². The van der Waals surface area contributed by atoms with Crippen LogP contribution in [0.4, 0.5) is 0 Å². The molecule has 0 aliphatic heterocycles. The molecule has 2 aliphatic carbocycles. The number of aryl methyl sites for hydroxylation is 1. The van der Waals surface area contributed by atoms with E-state index in [2.05, 4.69) is 89.2 Å². The maximum Gasteiger partial charge on any atom is -0.00325 e. The van der Waals surface area contributed by atoms with Gasteiger partial charge in [0, 0.05) is 0 Å². The Morgan fingerprint density at radius 3 is 2.56 bits per heavy atom. The molecule has 0 nitrogen and oxygen atoms in total. The van der Waals surface area contributed by atoms with Crippen molar-refractivity contribution >= 4 is 16.3 Å². The number of fused-ring (bicyclic) bond motifs is 5. The highest BCUT2D eigenvalue weighted by Crippen LogP contribution is 2.58. The largest absolute Gasteiger partial charge is 0.0852 e. The van der Waals surface area contributed by atoms with Crippen LogP contribution < -0.4 is 0 Å². The van der Waals surface area contributed by atoms with Crippen molar-refractivity contribution in [1.29, 1.82) is 0 Å². The number of rotatable bonds is 4. The maximum atomic E-state index is 2.56. The van der Waals surface area contributed by atoms with Gasteiger partial charge in [-0.05, 0) is 75.8 Å². The Balaban J connectivity index is 1.65. The van der Waals surface area contributed by atoms with Crippen molar-refractivity contribution in [3.63, 3.8) is 0 Å². The molecule has 4 atom stereocenters. The van der Waals surface area contributed by atoms with E-state index in [1.807, 2.05) is 0 Å². The van der Waals surface area contributed by atoms with Crippen LogP contribution in [0.2, 0.25) is 0 Å². The van der Waals surface area contributed by atoms with Crippen LogP contribution in [0.3, 0.4) is 0 Å². The summed E-state index contributed by atoms with van der Waals surface area (Å²) in [6.07, 6.45) is 11.2. The first-order valence-corrected chi connectivity index (χ1v) is 10.8. The minimum Gasteiger partial charge on any atom is -0.0852 e. The fraction of sp³-hybridized carbons (Fsp3) is 0.481. The van der Waals surface area contributed by atoms with Gasteiger partial charge in [-0.25, -0.2) is 0 Å². The predicted molar refractivity (Wildman–Crippen MR) is 119 cm³/mol. The summed E-state index contributed by atoms with van der Waals surface area (Å²) < 4.78 is 0. The molecule has 2 aliphatic rings. The minimum absolute atomic E-state index is 0.320. The highest BCUT2D eigenvalue weighted by Gasteiger charge is 2.46. The predicted octanol–water partition coefficient (Wildman–Crippen LogP) is 7.68. The molecular formula is C27H34. The first kappa shape index (κ1) is 18.5. The molecule has 0 heterocycles. The van der Waals surface area contributed by atoms with Gasteiger partial charge in [-0.15, -0.1) is 0 Å². The monoisotopic (exact) mass is 358 g/mol. The Labute approximate surface area is 165 Å². The van der Waals surface area contributed by atoms with Gasteiger partial charge in [-0.2, -0.15) is 0 Å². The highest BCUT2D eigenvalue weighted by atomic mass is 14.5. The lowest BCUT2D eigenvalue weighted by Crippen LogP contribution is -2.32. The SMILES string of the molecule is CC(C)[C@H](C)/C=C/[C@@H](C)[C@H]1CC=C2c3ccc4ccccc4c3CC[C@@]21C. The minimum atomic E-state index is 0.320. The summed E-state index contributed by atoms with van der Waals surface area (Å²) in [6, 6.07) is 13.6. The normalized spacial score (nSPS) is 26.9. The summed E-state index contributed by atoms with van der Waals surface area (Å²) in [7, 11) is 0. The zero-order chi connectivity index (χ0) is 19.2. The van der Waals surface area contributed by atoms with Crippen LogP contribution >= 0.6 is 0 Å². The average Bonchev–Trinajstić information content (AvgIpc) is 3.02. The fourth-order valence-electron chi connectivity index (χ4n) is 5.42. The third-order valence-electron chi connectivity index (χ3n) is 7.64. The van der Waals surface area contributed by atoms with Crippen LogP contribution in [0.5, 0.6) is 0 Å². The molecular weight excluding hydrogens is 324 g/mol. The molecule has 0 amide bonds. The number of allylic oxidation sites excluding steroid dienone is 4. The second-order valence-corrected chi connectivity index (χ2v) is 9.54. The third-order valence-corrected chi connectivity index (χ3v) is 7.64. The van der Waals surface area contributed by atoms with Crippen LogP contribution in [0, 0.1) is 29.1 Å². The van der Waals surface area contributed by atoms with Crippen molar-refractivity contribution in [3.05, 3.63) is 65.8 Å². The Bertz CT molecular complexity index is 897. The van der Waals surface area contributed by atoms with Gasteiger partial charge in [0.05, 0.1) is 0 Å². The second-order valence-electron chi connectivity index (χ2n) is 9.54. The Kier molecular flexibility index (Phi) is 4.78. The van der Waals surface area contributed by atoms with E-state index in [1.165, 1.54) is 35.6 Å². The number of hydrogen-bond acceptors (Lipinski definition) is 0. The number of hydrogen-bond donors (Lipinski definition) is 0. The Morgan fingerprint density at radius 2 is 1.78 bits per heavy atom. The van der Waals surface area contributed by atoms with Gasteiger partial charge in [0.1, 0.15) is 0 Å². The van der Waals surface area contributed by atoms with E-state index in [4.69, 9.17) is 0 Å². The molecule has 142 valence electrons. The molecule has 4 rings (SSSR count). The van der Waals surface area contributed by atoms with Crippen molar-refractivity contribution < 1.29 is 0 Å². The van der Waals surface area contributed by atoms with E-state index in [0.717, 1.165) is 11.8 Å². The molecule has 0 heteroatoms. The molecule has 0 aromatic heterocycles. The summed E-state index contributed by atoms with van der Waals surface area (Å²) in [5.74, 6) is 2.73. The van der Waals surface area contributed by atoms with E-state index >= 15 is 0 Å². The molecule has 2 aromatic carbocycles. The van der Waals surface area contributed by atoms with E-state index in [-0.39, 0.29) is 0 Å². The zero-order valence-corrected chi connectivity index (χ0v) is 17.6. The van der Waals surface area contributed by atoms with Crippen LogP contribution in [0.15, 0.2) is 54.6 Å². The standard InChI is InChI=1S/C27H34/c1-18(2)19(3)10-11-20(4)25-14-15-26-24-13-12-21-8-6-7-9-22(21)23(24)16-17-27(25,26)5/h6-13,15,18-20,25H,14,16-17H2,1-5H3/b11-10+/t19-,20-,25-,27-/m1/s1. The van der Waals surface area contributed by atoms with Crippen molar-refractivity contribution in [2.75, 3.05) is 0 Å². The lowest BCUT2D eigenvalue weighted by atomic mass is 9.62. The van der Waals surface area contributed by atoms with Gasteiger partial charge in [-0.1, -0.05) is 89.2 Å². The van der Waals surface area contributed by atoms with Gasteiger partial charge in [0.15, 0.2) is 0 Å². The van der Waals surface area contributed by atoms with E-state index < -0.39 is 0 Å². The molecule has 0 saturated heterocycles. The molecule has 27 heavy (non-hydrogen) atoms. The molecule has 0 N–H and O–H groups in total. The van der Waals surface area contributed by atoms with Crippen molar-refractivity contribution in [2.24, 2.45) is 29.1 Å². The molecule has 0 unspecified atom stereocenters. The molecule has 0 saturated carbocycles. The molecule has 0 radical (unpaired) electrons. The lowest BCUT2D eigenvalue weighted by molar-refractivity contribution is 0.217. The summed E-state index contributed by atoms with van der Waals surface area (Å²) in [5.41, 5.74) is 5.04. The smallest absolute Gasteiger partial charge is 0.00325 e. The van der Waals surface area contributed by atoms with Crippen LogP contribution in [0.1, 0.15) is 58.6 Å². The maximum absolute atomic E-state index is 2.56. The average molecular weight is 359 g/mol. The first-order valence-electron chi connectivity index (χ1n) is 10.8. The molecule has 2 aromatic rings. The van der Waals surface area contributed by atoms with Crippen molar-refractivity contribution in [2.45, 2.75) is 53.9 Å². The van der Waals surface area contributed by atoms with Crippen LogP contribution in [0.25, 0.3) is 16.3 Å². The quantitative estimate of drug-likeness (QED) is 0.492. The van der Waals surface area contributed by atoms with Gasteiger partial charge >= 0.3 is 0 Å². The van der Waals surface area contributed by atoms with Gasteiger partial charge in [0.2, 0.25) is 0 Å². The van der Waals surface area contributed by atoms with Gasteiger partial charge < -0.3 is 0 Å². The first-order chi connectivity index (χ1) is 12.9. The summed E-state index contributed by atoms with van der Waals surface area (Å²) in [4.78, 5) is 0. The summed E-state index contributed by atoms with van der Waals surface area (Å²) >= 11 is 0. The van der Waals surface area contributed by atoms with E-state index in [0.29, 0.717) is 17.3 Å². The Morgan fingerprint density at radius 1 is 1.00 bits per heavy atom. The summed E-state index contributed by atoms with van der Waals surface area (Å²) in [5, 5.41) is 2.84. The highest BCUT2D eigenvalue weighted by molar-refractivity contribution is 5.92.